The number of ether oxygens (including phenoxy) is 2. The van der Waals surface area contributed by atoms with Crippen LogP contribution in [0.1, 0.15) is 73.1 Å². The first kappa shape index (κ1) is 17.9. The molecule has 2 aliphatic heterocycles. The van der Waals surface area contributed by atoms with Crippen LogP contribution in [0, 0.1) is 11.3 Å². The lowest BCUT2D eigenvalue weighted by molar-refractivity contribution is -0.190. The number of epoxide rings is 1. The fourth-order valence-electron chi connectivity index (χ4n) is 5.22. The fraction of sp³-hybridized carbons (Fsp3) is 0.900. The first-order valence-electron chi connectivity index (χ1n) is 9.20. The SMILES string of the molecule is C=C[C@@]1(C)CC[C@@H]2O[C@@]2(C)CC[C@H]2C(C)(C)[C@@H](Br)CC[C@]2(C)O1. The van der Waals surface area contributed by atoms with Gasteiger partial charge in [0.15, 0.2) is 0 Å². The van der Waals surface area contributed by atoms with E-state index >= 15 is 0 Å². The summed E-state index contributed by atoms with van der Waals surface area (Å²) in [6.07, 6.45) is 9.10. The van der Waals surface area contributed by atoms with Crippen molar-refractivity contribution in [1.82, 2.24) is 0 Å². The van der Waals surface area contributed by atoms with Gasteiger partial charge in [0.2, 0.25) is 0 Å². The molecular weight excluding hydrogens is 352 g/mol. The van der Waals surface area contributed by atoms with E-state index in [1.807, 2.05) is 6.08 Å². The zero-order valence-electron chi connectivity index (χ0n) is 15.5. The Morgan fingerprint density at radius 1 is 0.957 bits per heavy atom. The van der Waals surface area contributed by atoms with Crippen molar-refractivity contribution < 1.29 is 9.47 Å². The monoisotopic (exact) mass is 384 g/mol. The highest BCUT2D eigenvalue weighted by Crippen LogP contribution is 2.56. The molecule has 1 saturated carbocycles. The summed E-state index contributed by atoms with van der Waals surface area (Å²) in [6.45, 7) is 15.7. The van der Waals surface area contributed by atoms with Gasteiger partial charge in [-0.1, -0.05) is 35.9 Å². The Balaban J connectivity index is 1.95. The van der Waals surface area contributed by atoms with E-state index in [0.717, 1.165) is 25.7 Å². The van der Waals surface area contributed by atoms with E-state index in [4.69, 9.17) is 9.47 Å². The Morgan fingerprint density at radius 2 is 1.61 bits per heavy atom. The van der Waals surface area contributed by atoms with Gasteiger partial charge in [-0.15, -0.1) is 6.58 Å². The quantitative estimate of drug-likeness (QED) is 0.331. The number of alkyl halides is 1. The molecule has 2 saturated heterocycles. The fourth-order valence-corrected chi connectivity index (χ4v) is 5.76. The minimum Gasteiger partial charge on any atom is -0.366 e. The molecule has 0 bridgehead atoms. The third-order valence-electron chi connectivity index (χ3n) is 7.10. The molecule has 1 aliphatic carbocycles. The molecule has 0 N–H and O–H groups in total. The summed E-state index contributed by atoms with van der Waals surface area (Å²) in [5.74, 6) is 0.521. The van der Waals surface area contributed by atoms with E-state index in [-0.39, 0.29) is 22.2 Å². The second-order valence-electron chi connectivity index (χ2n) is 9.31. The molecule has 3 rings (SSSR count). The van der Waals surface area contributed by atoms with Crippen LogP contribution in [0.3, 0.4) is 0 Å². The van der Waals surface area contributed by atoms with Crippen LogP contribution in [-0.4, -0.2) is 27.7 Å². The molecule has 0 aromatic carbocycles. The minimum atomic E-state index is -0.258. The maximum absolute atomic E-state index is 6.84. The van der Waals surface area contributed by atoms with Crippen molar-refractivity contribution in [2.75, 3.05) is 0 Å². The topological polar surface area (TPSA) is 21.8 Å². The van der Waals surface area contributed by atoms with Gasteiger partial charge in [0, 0.05) is 4.83 Å². The second kappa shape index (κ2) is 5.57. The van der Waals surface area contributed by atoms with Crippen LogP contribution >= 0.6 is 15.9 Å². The summed E-state index contributed by atoms with van der Waals surface area (Å²) in [5.41, 5.74) is -0.0358. The lowest BCUT2D eigenvalue weighted by Crippen LogP contribution is -2.56. The molecule has 3 fully saturated rings. The van der Waals surface area contributed by atoms with Gasteiger partial charge in [-0.2, -0.15) is 0 Å². The van der Waals surface area contributed by atoms with Gasteiger partial charge in [-0.25, -0.2) is 0 Å². The van der Waals surface area contributed by atoms with Gasteiger partial charge in [-0.05, 0) is 70.6 Å². The maximum atomic E-state index is 6.84. The number of halogens is 1. The number of fused-ring (bicyclic) bond motifs is 2. The third-order valence-corrected chi connectivity index (χ3v) is 8.74. The molecule has 0 unspecified atom stereocenters. The largest absolute Gasteiger partial charge is 0.366 e. The van der Waals surface area contributed by atoms with Crippen LogP contribution in [0.5, 0.6) is 0 Å². The summed E-state index contributed by atoms with van der Waals surface area (Å²) >= 11 is 3.95. The van der Waals surface area contributed by atoms with E-state index in [1.54, 1.807) is 0 Å². The van der Waals surface area contributed by atoms with Crippen molar-refractivity contribution in [2.24, 2.45) is 11.3 Å². The van der Waals surface area contributed by atoms with Gasteiger partial charge in [0.1, 0.15) is 0 Å². The number of rotatable bonds is 1. The molecule has 3 aliphatic rings. The predicted octanol–water partition coefficient (Wildman–Crippen LogP) is 5.64. The number of hydrogen-bond donors (Lipinski definition) is 0. The Bertz CT molecular complexity index is 490. The molecule has 0 amide bonds. The van der Waals surface area contributed by atoms with Crippen LogP contribution in [0.15, 0.2) is 12.7 Å². The van der Waals surface area contributed by atoms with Crippen molar-refractivity contribution in [3.63, 3.8) is 0 Å². The first-order valence-corrected chi connectivity index (χ1v) is 10.1. The van der Waals surface area contributed by atoms with Crippen molar-refractivity contribution in [1.29, 1.82) is 0 Å². The third kappa shape index (κ3) is 3.06. The zero-order chi connectivity index (χ0) is 17.1. The highest BCUT2D eigenvalue weighted by Gasteiger charge is 2.58. The van der Waals surface area contributed by atoms with Gasteiger partial charge in [0.25, 0.3) is 0 Å². The average molecular weight is 385 g/mol. The molecule has 2 nitrogen and oxygen atoms in total. The van der Waals surface area contributed by atoms with Crippen molar-refractivity contribution >= 4 is 15.9 Å². The first-order chi connectivity index (χ1) is 10.5. The molecule has 23 heavy (non-hydrogen) atoms. The molecule has 6 atom stereocenters. The Kier molecular flexibility index (Phi) is 4.35. The van der Waals surface area contributed by atoms with Gasteiger partial charge < -0.3 is 9.47 Å². The molecule has 0 radical (unpaired) electrons. The smallest absolute Gasteiger partial charge is 0.0920 e. The average Bonchev–Trinajstić information content (AvgIpc) is 3.12. The highest BCUT2D eigenvalue weighted by atomic mass is 79.9. The number of hydrogen-bond acceptors (Lipinski definition) is 2. The molecular formula is C20H33BrO2. The summed E-state index contributed by atoms with van der Waals surface area (Å²) in [4.78, 5) is 0.554. The van der Waals surface area contributed by atoms with E-state index in [0.29, 0.717) is 16.8 Å². The molecule has 3 heteroatoms. The van der Waals surface area contributed by atoms with Gasteiger partial charge in [0.05, 0.1) is 22.9 Å². The van der Waals surface area contributed by atoms with Crippen molar-refractivity contribution in [2.45, 2.75) is 101 Å². The van der Waals surface area contributed by atoms with E-state index in [2.05, 4.69) is 57.1 Å². The molecule has 0 aromatic rings. The van der Waals surface area contributed by atoms with E-state index < -0.39 is 0 Å². The second-order valence-corrected chi connectivity index (χ2v) is 10.4. The normalized spacial score (nSPS) is 52.9. The van der Waals surface area contributed by atoms with Gasteiger partial charge in [-0.3, -0.25) is 0 Å². The lowest BCUT2D eigenvalue weighted by atomic mass is 9.59. The Morgan fingerprint density at radius 3 is 2.26 bits per heavy atom. The van der Waals surface area contributed by atoms with Crippen molar-refractivity contribution in [3.8, 4) is 0 Å². The standard InChI is InChI=1S/C20H33BrO2/c1-7-18(4)11-10-16-20(6,22-16)12-8-14-17(2,3)15(21)9-13-19(14,5)23-18/h7,14-16H,1,8-13H2,2-6H3/t14-,15-,16-,18-,19-,20-/m0/s1. The minimum absolute atomic E-state index is 0.0885. The summed E-state index contributed by atoms with van der Waals surface area (Å²) in [5, 5.41) is 0. The molecule has 132 valence electrons. The highest BCUT2D eigenvalue weighted by molar-refractivity contribution is 9.09. The zero-order valence-corrected chi connectivity index (χ0v) is 17.0. The summed E-state index contributed by atoms with van der Waals surface area (Å²) in [7, 11) is 0. The summed E-state index contributed by atoms with van der Waals surface area (Å²) in [6, 6.07) is 0. The van der Waals surface area contributed by atoms with Crippen LogP contribution < -0.4 is 0 Å². The summed E-state index contributed by atoms with van der Waals surface area (Å²) < 4.78 is 12.9. The molecule has 2 heterocycles. The van der Waals surface area contributed by atoms with E-state index in [1.165, 1.54) is 12.8 Å². The van der Waals surface area contributed by atoms with Crippen molar-refractivity contribution in [3.05, 3.63) is 12.7 Å². The van der Waals surface area contributed by atoms with Crippen LogP contribution in [0.2, 0.25) is 0 Å². The molecule has 0 aromatic heterocycles. The van der Waals surface area contributed by atoms with Crippen LogP contribution in [0.4, 0.5) is 0 Å². The molecule has 0 spiro atoms. The van der Waals surface area contributed by atoms with E-state index in [9.17, 15) is 0 Å². The predicted molar refractivity (Wildman–Crippen MR) is 99.1 cm³/mol. The van der Waals surface area contributed by atoms with Crippen LogP contribution in [0.25, 0.3) is 0 Å². The Labute approximate surface area is 150 Å². The maximum Gasteiger partial charge on any atom is 0.0920 e. The lowest BCUT2D eigenvalue weighted by Gasteiger charge is -2.55. The Hall–Kier alpha value is 0.140. The van der Waals surface area contributed by atoms with Crippen LogP contribution in [-0.2, 0) is 9.47 Å². The van der Waals surface area contributed by atoms with Gasteiger partial charge >= 0.3 is 0 Å².